The number of aromatic nitrogens is 2. The number of hydrogen-bond acceptors (Lipinski definition) is 4. The van der Waals surface area contributed by atoms with Gasteiger partial charge in [0.1, 0.15) is 5.03 Å². The summed E-state index contributed by atoms with van der Waals surface area (Å²) >= 11 is 7.25. The number of anilines is 1. The molecule has 3 aromatic rings. The molecule has 0 spiro atoms. The van der Waals surface area contributed by atoms with Gasteiger partial charge in [0.25, 0.3) is 5.56 Å². The summed E-state index contributed by atoms with van der Waals surface area (Å²) in [6.45, 7) is 3.49. The lowest BCUT2D eigenvalue weighted by atomic mass is 10.2. The topological polar surface area (TPSA) is 64.0 Å². The molecular formula is C20H16ClF2N3O2S. The molecule has 0 radical (unpaired) electrons. The first-order valence-corrected chi connectivity index (χ1v) is 9.80. The van der Waals surface area contributed by atoms with Crippen molar-refractivity contribution in [2.45, 2.75) is 24.1 Å². The van der Waals surface area contributed by atoms with Crippen LogP contribution in [0.2, 0.25) is 5.02 Å². The number of carbonyl (C=O) groups excluding carboxylic acids is 1. The fourth-order valence-electron chi connectivity index (χ4n) is 2.41. The molecule has 0 saturated heterocycles. The molecule has 1 unspecified atom stereocenters. The van der Waals surface area contributed by atoms with Gasteiger partial charge in [-0.3, -0.25) is 9.59 Å². The van der Waals surface area contributed by atoms with E-state index in [9.17, 15) is 18.4 Å². The summed E-state index contributed by atoms with van der Waals surface area (Å²) in [6, 6.07) is 11.1. The van der Waals surface area contributed by atoms with Crippen molar-refractivity contribution in [1.29, 1.82) is 0 Å². The molecule has 1 amide bonds. The van der Waals surface area contributed by atoms with Crippen molar-refractivity contribution in [3.63, 3.8) is 0 Å². The Labute approximate surface area is 174 Å². The molecule has 9 heteroatoms. The van der Waals surface area contributed by atoms with Crippen LogP contribution in [0.15, 0.2) is 58.4 Å². The predicted octanol–water partition coefficient (Wildman–Crippen LogP) is 4.59. The van der Waals surface area contributed by atoms with Crippen LogP contribution in [0, 0.1) is 18.6 Å². The molecule has 150 valence electrons. The lowest BCUT2D eigenvalue weighted by molar-refractivity contribution is -0.115. The first kappa shape index (κ1) is 21.0. The maximum Gasteiger partial charge on any atom is 0.271 e. The molecule has 3 rings (SSSR count). The highest BCUT2D eigenvalue weighted by atomic mass is 35.5. The Morgan fingerprint density at radius 2 is 1.90 bits per heavy atom. The number of thioether (sulfide) groups is 1. The Morgan fingerprint density at radius 1 is 1.14 bits per heavy atom. The second-order valence-corrected chi connectivity index (χ2v) is 8.00. The number of nitrogens with one attached hydrogen (secondary N) is 1. The highest BCUT2D eigenvalue weighted by molar-refractivity contribution is 8.00. The molecule has 0 fully saturated rings. The monoisotopic (exact) mass is 435 g/mol. The Bertz CT molecular complexity index is 1140. The van der Waals surface area contributed by atoms with E-state index in [1.807, 2.05) is 6.92 Å². The van der Waals surface area contributed by atoms with E-state index in [0.29, 0.717) is 15.7 Å². The van der Waals surface area contributed by atoms with Crippen molar-refractivity contribution in [3.05, 3.63) is 81.1 Å². The molecule has 29 heavy (non-hydrogen) atoms. The summed E-state index contributed by atoms with van der Waals surface area (Å²) in [6.07, 6.45) is 0. The van der Waals surface area contributed by atoms with E-state index in [1.54, 1.807) is 25.1 Å². The zero-order chi connectivity index (χ0) is 21.1. The zero-order valence-electron chi connectivity index (χ0n) is 15.4. The third-order valence-electron chi connectivity index (χ3n) is 4.03. The molecule has 0 saturated carbocycles. The van der Waals surface area contributed by atoms with Crippen LogP contribution in [-0.2, 0) is 4.79 Å². The number of carbonyl (C=O) groups is 1. The Hall–Kier alpha value is -2.71. The first-order chi connectivity index (χ1) is 13.7. The number of halogens is 3. The summed E-state index contributed by atoms with van der Waals surface area (Å²) < 4.78 is 27.5. The van der Waals surface area contributed by atoms with Crippen LogP contribution in [0.5, 0.6) is 0 Å². The number of hydrogen-bond donors (Lipinski definition) is 1. The van der Waals surface area contributed by atoms with E-state index in [0.717, 1.165) is 29.5 Å². The molecule has 0 aliphatic heterocycles. The maximum absolute atomic E-state index is 13.3. The van der Waals surface area contributed by atoms with E-state index in [2.05, 4.69) is 10.4 Å². The maximum atomic E-state index is 13.3. The van der Waals surface area contributed by atoms with Crippen molar-refractivity contribution in [1.82, 2.24) is 9.78 Å². The van der Waals surface area contributed by atoms with Gasteiger partial charge in [0, 0.05) is 22.8 Å². The van der Waals surface area contributed by atoms with E-state index in [-0.39, 0.29) is 11.2 Å². The van der Waals surface area contributed by atoms with Crippen LogP contribution in [0.4, 0.5) is 14.5 Å². The molecule has 1 aromatic heterocycles. The summed E-state index contributed by atoms with van der Waals surface area (Å²) in [4.78, 5) is 24.5. The summed E-state index contributed by atoms with van der Waals surface area (Å²) in [5.41, 5.74) is 1.19. The fraction of sp³-hybridized carbons (Fsp3) is 0.150. The lowest BCUT2D eigenvalue weighted by Crippen LogP contribution is -2.24. The fourth-order valence-corrected chi connectivity index (χ4v) is 3.39. The molecule has 2 aromatic carbocycles. The highest BCUT2D eigenvalue weighted by Gasteiger charge is 2.17. The smallest absolute Gasteiger partial charge is 0.271 e. The van der Waals surface area contributed by atoms with Crippen molar-refractivity contribution in [2.24, 2.45) is 0 Å². The Kier molecular flexibility index (Phi) is 6.34. The number of benzene rings is 2. The van der Waals surface area contributed by atoms with Crippen LogP contribution in [0.1, 0.15) is 12.5 Å². The van der Waals surface area contributed by atoms with Gasteiger partial charge in [0.15, 0.2) is 11.6 Å². The number of rotatable bonds is 5. The zero-order valence-corrected chi connectivity index (χ0v) is 17.0. The minimum Gasteiger partial charge on any atom is -0.325 e. The van der Waals surface area contributed by atoms with Gasteiger partial charge in [-0.05, 0) is 49.7 Å². The molecule has 0 aliphatic rings. The van der Waals surface area contributed by atoms with Crippen molar-refractivity contribution < 1.29 is 13.6 Å². The summed E-state index contributed by atoms with van der Waals surface area (Å²) in [5.74, 6) is -2.46. The summed E-state index contributed by atoms with van der Waals surface area (Å²) in [7, 11) is 0. The van der Waals surface area contributed by atoms with Crippen LogP contribution >= 0.6 is 23.4 Å². The van der Waals surface area contributed by atoms with Gasteiger partial charge < -0.3 is 5.32 Å². The highest BCUT2D eigenvalue weighted by Crippen LogP contribution is 2.23. The second-order valence-electron chi connectivity index (χ2n) is 6.23. The van der Waals surface area contributed by atoms with E-state index in [1.165, 1.54) is 22.9 Å². The Morgan fingerprint density at radius 3 is 2.59 bits per heavy atom. The molecular weight excluding hydrogens is 420 g/mol. The standard InChI is InChI=1S/C20H16ClF2N3O2S/c1-11-3-5-14(10-15(11)21)26-19(27)8-7-18(25-26)29-12(2)20(28)24-13-4-6-16(22)17(23)9-13/h3-10,12H,1-2H3,(H,24,28). The van der Waals surface area contributed by atoms with Gasteiger partial charge in [0.05, 0.1) is 10.9 Å². The first-order valence-electron chi connectivity index (χ1n) is 8.54. The van der Waals surface area contributed by atoms with Gasteiger partial charge in [0.2, 0.25) is 5.91 Å². The number of aryl methyl sites for hydroxylation is 1. The van der Waals surface area contributed by atoms with E-state index in [4.69, 9.17) is 11.6 Å². The van der Waals surface area contributed by atoms with Gasteiger partial charge in [-0.2, -0.15) is 9.78 Å². The van der Waals surface area contributed by atoms with E-state index >= 15 is 0 Å². The lowest BCUT2D eigenvalue weighted by Gasteiger charge is -2.13. The molecule has 1 atom stereocenters. The largest absolute Gasteiger partial charge is 0.325 e. The molecule has 5 nitrogen and oxygen atoms in total. The van der Waals surface area contributed by atoms with Crippen LogP contribution in [0.3, 0.4) is 0 Å². The van der Waals surface area contributed by atoms with E-state index < -0.39 is 22.8 Å². The minimum absolute atomic E-state index is 0.147. The Balaban J connectivity index is 1.77. The van der Waals surface area contributed by atoms with Crippen LogP contribution in [-0.4, -0.2) is 20.9 Å². The normalized spacial score (nSPS) is 11.9. The SMILES string of the molecule is Cc1ccc(-n2nc(SC(C)C(=O)Nc3ccc(F)c(F)c3)ccc2=O)cc1Cl. The van der Waals surface area contributed by atoms with Crippen LogP contribution < -0.4 is 10.9 Å². The van der Waals surface area contributed by atoms with Gasteiger partial charge in [-0.15, -0.1) is 0 Å². The van der Waals surface area contributed by atoms with Crippen LogP contribution in [0.25, 0.3) is 5.69 Å². The second kappa shape index (κ2) is 8.75. The quantitative estimate of drug-likeness (QED) is 0.595. The van der Waals surface area contributed by atoms with Crippen molar-refractivity contribution >= 4 is 35.0 Å². The van der Waals surface area contributed by atoms with Crippen molar-refractivity contribution in [3.8, 4) is 5.69 Å². The third kappa shape index (κ3) is 5.02. The van der Waals surface area contributed by atoms with Gasteiger partial charge >= 0.3 is 0 Å². The minimum atomic E-state index is -1.05. The third-order valence-corrected chi connectivity index (χ3v) is 5.46. The molecule has 0 aliphatic carbocycles. The van der Waals surface area contributed by atoms with Gasteiger partial charge in [-0.25, -0.2) is 8.78 Å². The molecule has 1 N–H and O–H groups in total. The van der Waals surface area contributed by atoms with Gasteiger partial charge in [-0.1, -0.05) is 29.4 Å². The number of nitrogens with zero attached hydrogens (tertiary/aromatic N) is 2. The average molecular weight is 436 g/mol. The predicted molar refractivity (Wildman–Crippen MR) is 110 cm³/mol. The average Bonchev–Trinajstić information content (AvgIpc) is 2.68. The number of amides is 1. The molecule has 1 heterocycles. The van der Waals surface area contributed by atoms with Crippen molar-refractivity contribution in [2.75, 3.05) is 5.32 Å². The summed E-state index contributed by atoms with van der Waals surface area (Å²) in [5, 5.41) is 7.15. The molecule has 0 bridgehead atoms.